The molecule has 0 aliphatic heterocycles. The van der Waals surface area contributed by atoms with Crippen molar-refractivity contribution in [1.82, 2.24) is 5.32 Å². The molecule has 0 bridgehead atoms. The molecule has 0 aliphatic rings. The van der Waals surface area contributed by atoms with Crippen LogP contribution in [0.1, 0.15) is 15.9 Å². The average molecular weight is 436 g/mol. The maximum atomic E-state index is 12.3. The molecule has 3 rings (SSSR count). The van der Waals surface area contributed by atoms with Crippen LogP contribution in [0.25, 0.3) is 6.08 Å². The van der Waals surface area contributed by atoms with Crippen LogP contribution in [0, 0.1) is 0 Å². The van der Waals surface area contributed by atoms with Crippen molar-refractivity contribution in [2.24, 2.45) is 0 Å². The summed E-state index contributed by atoms with van der Waals surface area (Å²) in [6.45, 7) is 0. The predicted molar refractivity (Wildman–Crippen MR) is 126 cm³/mol. The highest BCUT2D eigenvalue weighted by Crippen LogP contribution is 2.16. The van der Waals surface area contributed by atoms with E-state index in [1.807, 2.05) is 30.3 Å². The van der Waals surface area contributed by atoms with Gasteiger partial charge in [-0.3, -0.25) is 14.9 Å². The number of anilines is 2. The van der Waals surface area contributed by atoms with E-state index in [-0.39, 0.29) is 16.9 Å². The van der Waals surface area contributed by atoms with Crippen molar-refractivity contribution in [2.45, 2.75) is 0 Å². The van der Waals surface area contributed by atoms with E-state index in [1.165, 1.54) is 6.08 Å². The first kappa shape index (κ1) is 21.2. The highest BCUT2D eigenvalue weighted by atomic mass is 35.5. The molecule has 0 saturated carbocycles. The lowest BCUT2D eigenvalue weighted by molar-refractivity contribution is -0.115. The molecule has 0 spiro atoms. The third kappa shape index (κ3) is 6.55. The Morgan fingerprint density at radius 1 is 0.833 bits per heavy atom. The number of benzene rings is 3. The van der Waals surface area contributed by atoms with Gasteiger partial charge in [0.15, 0.2) is 5.11 Å². The molecule has 0 heterocycles. The molecule has 0 unspecified atom stereocenters. The van der Waals surface area contributed by atoms with Crippen LogP contribution in [-0.2, 0) is 4.79 Å². The number of halogens is 1. The van der Waals surface area contributed by atoms with Crippen molar-refractivity contribution < 1.29 is 9.59 Å². The zero-order valence-corrected chi connectivity index (χ0v) is 17.3. The second-order valence-electron chi connectivity index (χ2n) is 6.23. The minimum Gasteiger partial charge on any atom is -0.332 e. The molecule has 150 valence electrons. The normalized spacial score (nSPS) is 10.4. The summed E-state index contributed by atoms with van der Waals surface area (Å²) in [5, 5.41) is 8.98. The summed E-state index contributed by atoms with van der Waals surface area (Å²) in [4.78, 5) is 24.2. The Hall–Kier alpha value is -3.48. The Morgan fingerprint density at radius 2 is 1.50 bits per heavy atom. The van der Waals surface area contributed by atoms with Crippen molar-refractivity contribution in [1.29, 1.82) is 0 Å². The van der Waals surface area contributed by atoms with Gasteiger partial charge >= 0.3 is 0 Å². The number of hydrogen-bond donors (Lipinski definition) is 3. The van der Waals surface area contributed by atoms with Crippen LogP contribution in [0.15, 0.2) is 84.9 Å². The highest BCUT2D eigenvalue weighted by molar-refractivity contribution is 7.80. The van der Waals surface area contributed by atoms with Gasteiger partial charge < -0.3 is 10.6 Å². The van der Waals surface area contributed by atoms with Crippen LogP contribution >= 0.6 is 23.8 Å². The first-order chi connectivity index (χ1) is 14.5. The molecule has 0 fully saturated rings. The summed E-state index contributed by atoms with van der Waals surface area (Å²) < 4.78 is 0. The molecule has 3 N–H and O–H groups in total. The second-order valence-corrected chi connectivity index (χ2v) is 7.07. The van der Waals surface area contributed by atoms with Gasteiger partial charge in [0, 0.05) is 28.0 Å². The number of carbonyl (C=O) groups excluding carboxylic acids is 2. The number of rotatable bonds is 5. The second kappa shape index (κ2) is 10.3. The van der Waals surface area contributed by atoms with Crippen molar-refractivity contribution >= 4 is 58.2 Å². The Labute approximate surface area is 184 Å². The monoisotopic (exact) mass is 435 g/mol. The lowest BCUT2D eigenvalue weighted by Gasteiger charge is -2.10. The molecule has 0 saturated heterocycles. The zero-order valence-electron chi connectivity index (χ0n) is 15.8. The largest absolute Gasteiger partial charge is 0.332 e. The zero-order chi connectivity index (χ0) is 21.3. The fourth-order valence-electron chi connectivity index (χ4n) is 2.52. The number of thiocarbonyl (C=S) groups is 1. The molecular weight excluding hydrogens is 418 g/mol. The van der Waals surface area contributed by atoms with Gasteiger partial charge in [-0.2, -0.15) is 0 Å². The topological polar surface area (TPSA) is 70.2 Å². The molecular formula is C23H18ClN3O2S. The van der Waals surface area contributed by atoms with Crippen molar-refractivity contribution in [3.05, 3.63) is 101 Å². The third-order valence-corrected chi connectivity index (χ3v) is 4.39. The highest BCUT2D eigenvalue weighted by Gasteiger charge is 2.07. The summed E-state index contributed by atoms with van der Waals surface area (Å²) >= 11 is 11.1. The minimum atomic E-state index is -0.332. The summed E-state index contributed by atoms with van der Waals surface area (Å²) in [5.74, 6) is -0.590. The van der Waals surface area contributed by atoms with E-state index >= 15 is 0 Å². The van der Waals surface area contributed by atoms with E-state index in [0.717, 1.165) is 5.56 Å². The van der Waals surface area contributed by atoms with Crippen LogP contribution in [0.3, 0.4) is 0 Å². The Balaban J connectivity index is 1.51. The average Bonchev–Trinajstić information content (AvgIpc) is 2.74. The van der Waals surface area contributed by atoms with Crippen LogP contribution in [0.4, 0.5) is 11.4 Å². The maximum Gasteiger partial charge on any atom is 0.255 e. The van der Waals surface area contributed by atoms with Crippen molar-refractivity contribution in [3.63, 3.8) is 0 Å². The fourth-order valence-corrected chi connectivity index (χ4v) is 2.93. The fraction of sp³-hybridized carbons (Fsp3) is 0. The van der Waals surface area contributed by atoms with Gasteiger partial charge in [-0.1, -0.05) is 48.0 Å². The van der Waals surface area contributed by atoms with Gasteiger partial charge in [-0.15, -0.1) is 0 Å². The minimum absolute atomic E-state index is 0.174. The molecule has 7 heteroatoms. The van der Waals surface area contributed by atoms with E-state index in [1.54, 1.807) is 54.6 Å². The van der Waals surface area contributed by atoms with Gasteiger partial charge in [0.2, 0.25) is 5.91 Å². The molecule has 2 amide bonds. The molecule has 0 aliphatic carbocycles. The Kier molecular flexibility index (Phi) is 7.32. The number of nitrogens with one attached hydrogen (secondary N) is 3. The molecule has 30 heavy (non-hydrogen) atoms. The van der Waals surface area contributed by atoms with Crippen LogP contribution < -0.4 is 16.0 Å². The molecule has 5 nitrogen and oxygen atoms in total. The van der Waals surface area contributed by atoms with Gasteiger partial charge in [0.25, 0.3) is 5.91 Å². The maximum absolute atomic E-state index is 12.3. The van der Waals surface area contributed by atoms with Gasteiger partial charge in [-0.05, 0) is 66.3 Å². The first-order valence-electron chi connectivity index (χ1n) is 9.02. The molecule has 3 aromatic rings. The van der Waals surface area contributed by atoms with Crippen molar-refractivity contribution in [3.8, 4) is 0 Å². The molecule has 0 aromatic heterocycles. The first-order valence-corrected chi connectivity index (χ1v) is 9.80. The van der Waals surface area contributed by atoms with Crippen molar-refractivity contribution in [2.75, 3.05) is 10.6 Å². The number of amides is 2. The van der Waals surface area contributed by atoms with Gasteiger partial charge in [0.05, 0.1) is 0 Å². The molecule has 0 radical (unpaired) electrons. The standard InChI is InChI=1S/C23H18ClN3O2S/c24-18-8-4-7-17(15-18)22(29)25-19-10-12-20(13-11-19)26-23(30)27-21(28)14-9-16-5-2-1-3-6-16/h1-15H,(H,25,29)(H2,26,27,28,30). The summed E-state index contributed by atoms with van der Waals surface area (Å²) in [6, 6.07) is 23.1. The lowest BCUT2D eigenvalue weighted by atomic mass is 10.2. The van der Waals surface area contributed by atoms with E-state index in [4.69, 9.17) is 23.8 Å². The number of hydrogen-bond acceptors (Lipinski definition) is 3. The van der Waals surface area contributed by atoms with Gasteiger partial charge in [-0.25, -0.2) is 0 Å². The third-order valence-electron chi connectivity index (χ3n) is 3.95. The van der Waals surface area contributed by atoms with E-state index < -0.39 is 0 Å². The van der Waals surface area contributed by atoms with Crippen LogP contribution in [0.2, 0.25) is 5.02 Å². The Morgan fingerprint density at radius 3 is 2.17 bits per heavy atom. The summed E-state index contributed by atoms with van der Waals surface area (Å²) in [6.07, 6.45) is 3.12. The quantitative estimate of drug-likeness (QED) is 0.384. The lowest BCUT2D eigenvalue weighted by Crippen LogP contribution is -2.32. The summed E-state index contributed by atoms with van der Waals surface area (Å²) in [7, 11) is 0. The Bertz CT molecular complexity index is 1080. The van der Waals surface area contributed by atoms with E-state index in [2.05, 4.69) is 16.0 Å². The van der Waals surface area contributed by atoms with Gasteiger partial charge in [0.1, 0.15) is 0 Å². The predicted octanol–water partition coefficient (Wildman–Crippen LogP) is 5.12. The van der Waals surface area contributed by atoms with Crippen LogP contribution in [0.5, 0.6) is 0 Å². The molecule has 0 atom stereocenters. The summed E-state index contributed by atoms with van der Waals surface area (Å²) in [5.41, 5.74) is 2.68. The van der Waals surface area contributed by atoms with E-state index in [0.29, 0.717) is 22.0 Å². The SMILES string of the molecule is O=C(C=Cc1ccccc1)NC(=S)Nc1ccc(NC(=O)c2cccc(Cl)c2)cc1. The molecule has 3 aromatic carbocycles. The van der Waals surface area contributed by atoms with Crippen LogP contribution in [-0.4, -0.2) is 16.9 Å². The van der Waals surface area contributed by atoms with E-state index in [9.17, 15) is 9.59 Å². The smallest absolute Gasteiger partial charge is 0.255 e. The number of carbonyl (C=O) groups is 2.